The molecule has 3 nitrogen and oxygen atoms in total. The summed E-state index contributed by atoms with van der Waals surface area (Å²) in [6.07, 6.45) is 0. The third kappa shape index (κ3) is 26.4. The Morgan fingerprint density at radius 1 is 1.55 bits per heavy atom. The van der Waals surface area contributed by atoms with Gasteiger partial charge in [-0.15, -0.1) is 0 Å². The molecule has 4 N–H and O–H groups in total. The molecule has 0 rings (SSSR count). The highest BCUT2D eigenvalue weighted by Gasteiger charge is 2.23. The van der Waals surface area contributed by atoms with Gasteiger partial charge >= 0.3 is 5.38 Å². The minimum atomic E-state index is -3.65. The average molecular weight is 193 g/mol. The van der Waals surface area contributed by atoms with Gasteiger partial charge < -0.3 is 11.5 Å². The fraction of sp³-hybridized carbons (Fsp3) is 0.750. The second-order valence-corrected chi connectivity index (χ2v) is 1.97. The Morgan fingerprint density at radius 3 is 1.73 bits per heavy atom. The maximum absolute atomic E-state index is 10.8. The molecular formula is C4H8ClF3N2O. The van der Waals surface area contributed by atoms with Crippen molar-refractivity contribution in [1.29, 1.82) is 0 Å². The second kappa shape index (κ2) is 6.23. The standard InChI is InChI=1S/C2H2ClF3.C2H6N2O/c3-2(5,6)1-4;3-1-2(4)5/h1H2;1,3H2,(H2,4,5). The zero-order valence-electron chi connectivity index (χ0n) is 5.49. The van der Waals surface area contributed by atoms with E-state index in [4.69, 9.17) is 5.73 Å². The summed E-state index contributed by atoms with van der Waals surface area (Å²) in [5.74, 6) is -0.468. The number of primary amides is 1. The number of alkyl halides is 4. The lowest BCUT2D eigenvalue weighted by atomic mass is 10.7. The molecule has 0 aromatic rings. The molecule has 0 bridgehead atoms. The largest absolute Gasteiger partial charge is 0.369 e. The van der Waals surface area contributed by atoms with Gasteiger partial charge in [0.2, 0.25) is 5.91 Å². The Morgan fingerprint density at radius 2 is 1.73 bits per heavy atom. The van der Waals surface area contributed by atoms with Gasteiger partial charge in [-0.3, -0.25) is 4.79 Å². The molecule has 0 aliphatic carbocycles. The van der Waals surface area contributed by atoms with E-state index in [0.717, 1.165) is 0 Å². The third-order valence-electron chi connectivity index (χ3n) is 0.353. The molecule has 0 saturated carbocycles. The summed E-state index contributed by atoms with van der Waals surface area (Å²) in [4.78, 5) is 9.47. The fourth-order valence-electron chi connectivity index (χ4n) is 0. The monoisotopic (exact) mass is 192 g/mol. The van der Waals surface area contributed by atoms with Gasteiger partial charge in [-0.05, 0) is 11.6 Å². The minimum absolute atomic E-state index is 0.0556. The van der Waals surface area contributed by atoms with Crippen molar-refractivity contribution in [2.75, 3.05) is 13.2 Å². The van der Waals surface area contributed by atoms with Crippen LogP contribution < -0.4 is 11.5 Å². The molecular weight excluding hydrogens is 185 g/mol. The quantitative estimate of drug-likeness (QED) is 0.615. The van der Waals surface area contributed by atoms with Crippen LogP contribution in [-0.4, -0.2) is 24.5 Å². The van der Waals surface area contributed by atoms with Gasteiger partial charge in [0.15, 0.2) is 6.67 Å². The molecule has 0 saturated heterocycles. The van der Waals surface area contributed by atoms with E-state index in [9.17, 15) is 18.0 Å². The lowest BCUT2D eigenvalue weighted by Crippen LogP contribution is -2.21. The van der Waals surface area contributed by atoms with Gasteiger partial charge in [-0.1, -0.05) is 0 Å². The number of rotatable bonds is 2. The molecule has 0 aromatic carbocycles. The first-order chi connectivity index (χ1) is 4.83. The lowest BCUT2D eigenvalue weighted by Gasteiger charge is -1.95. The number of nitrogens with two attached hydrogens (primary N) is 2. The Balaban J connectivity index is 0. The Hall–Kier alpha value is -0.490. The van der Waals surface area contributed by atoms with Crippen LogP contribution in [-0.2, 0) is 4.79 Å². The normalized spacial score (nSPS) is 9.91. The number of hydrogen-bond donors (Lipinski definition) is 2. The van der Waals surface area contributed by atoms with Crippen molar-refractivity contribution >= 4 is 17.5 Å². The topological polar surface area (TPSA) is 69.1 Å². The predicted octanol–water partition coefficient (Wildman–Crippen LogP) is 0.218. The van der Waals surface area contributed by atoms with Crippen molar-refractivity contribution in [3.8, 4) is 0 Å². The number of carbonyl (C=O) groups is 1. The van der Waals surface area contributed by atoms with E-state index >= 15 is 0 Å². The SMILES string of the molecule is FCC(F)(F)Cl.NCC(N)=O. The van der Waals surface area contributed by atoms with E-state index in [1.165, 1.54) is 0 Å². The molecule has 0 heterocycles. The van der Waals surface area contributed by atoms with Crippen LogP contribution in [0.1, 0.15) is 0 Å². The molecule has 0 atom stereocenters. The molecule has 0 aromatic heterocycles. The summed E-state index contributed by atoms with van der Waals surface area (Å²) >= 11 is 4.01. The van der Waals surface area contributed by atoms with Crippen LogP contribution in [0.5, 0.6) is 0 Å². The molecule has 0 aliphatic rings. The molecule has 7 heteroatoms. The van der Waals surface area contributed by atoms with E-state index in [0.29, 0.717) is 0 Å². The molecule has 1 amide bonds. The lowest BCUT2D eigenvalue weighted by molar-refractivity contribution is -0.116. The van der Waals surface area contributed by atoms with E-state index in [1.807, 2.05) is 0 Å². The first-order valence-electron chi connectivity index (χ1n) is 2.44. The molecule has 68 valence electrons. The van der Waals surface area contributed by atoms with Crippen LogP contribution in [0.3, 0.4) is 0 Å². The zero-order chi connectivity index (χ0) is 9.49. The first-order valence-corrected chi connectivity index (χ1v) is 2.82. The van der Waals surface area contributed by atoms with Crippen LogP contribution in [0.4, 0.5) is 13.2 Å². The van der Waals surface area contributed by atoms with E-state index < -0.39 is 18.0 Å². The molecule has 0 unspecified atom stereocenters. The number of carbonyl (C=O) groups excluding carboxylic acids is 1. The van der Waals surface area contributed by atoms with Gasteiger partial charge in [0, 0.05) is 0 Å². The predicted molar refractivity (Wildman–Crippen MR) is 35.0 cm³/mol. The number of hydrogen-bond acceptors (Lipinski definition) is 2. The smallest absolute Gasteiger partial charge is 0.349 e. The van der Waals surface area contributed by atoms with Gasteiger partial charge in [-0.2, -0.15) is 8.78 Å². The van der Waals surface area contributed by atoms with Crippen molar-refractivity contribution in [2.45, 2.75) is 5.38 Å². The van der Waals surface area contributed by atoms with Crippen molar-refractivity contribution < 1.29 is 18.0 Å². The highest BCUT2D eigenvalue weighted by molar-refractivity contribution is 6.21. The summed E-state index contributed by atoms with van der Waals surface area (Å²) in [7, 11) is 0. The van der Waals surface area contributed by atoms with Crippen LogP contribution >= 0.6 is 11.6 Å². The minimum Gasteiger partial charge on any atom is -0.369 e. The summed E-state index contributed by atoms with van der Waals surface area (Å²) in [6.45, 7) is -1.85. The van der Waals surface area contributed by atoms with Gasteiger partial charge in [-0.25, -0.2) is 4.39 Å². The fourth-order valence-corrected chi connectivity index (χ4v) is 0. The number of amides is 1. The Labute approximate surface area is 66.5 Å². The van der Waals surface area contributed by atoms with Gasteiger partial charge in [0.05, 0.1) is 6.54 Å². The first kappa shape index (κ1) is 13.1. The van der Waals surface area contributed by atoms with Crippen molar-refractivity contribution in [3.63, 3.8) is 0 Å². The molecule has 0 aliphatic heterocycles. The summed E-state index contributed by atoms with van der Waals surface area (Å²) in [5.41, 5.74) is 9.22. The zero-order valence-corrected chi connectivity index (χ0v) is 6.24. The van der Waals surface area contributed by atoms with E-state index in [-0.39, 0.29) is 6.54 Å². The van der Waals surface area contributed by atoms with Crippen LogP contribution in [0.2, 0.25) is 0 Å². The second-order valence-electron chi connectivity index (χ2n) is 1.42. The molecule has 0 spiro atoms. The van der Waals surface area contributed by atoms with Crippen LogP contribution in [0, 0.1) is 0 Å². The molecule has 11 heavy (non-hydrogen) atoms. The maximum Gasteiger partial charge on any atom is 0.349 e. The van der Waals surface area contributed by atoms with Crippen molar-refractivity contribution in [1.82, 2.24) is 0 Å². The summed E-state index contributed by atoms with van der Waals surface area (Å²) in [5, 5.41) is -3.65. The van der Waals surface area contributed by atoms with Crippen LogP contribution in [0.25, 0.3) is 0 Å². The van der Waals surface area contributed by atoms with Gasteiger partial charge in [0.25, 0.3) is 0 Å². The highest BCUT2D eigenvalue weighted by Crippen LogP contribution is 2.17. The molecule has 0 fully saturated rings. The summed E-state index contributed by atoms with van der Waals surface area (Å²) < 4.78 is 32.3. The van der Waals surface area contributed by atoms with E-state index in [1.54, 1.807) is 0 Å². The Bertz CT molecular complexity index is 116. The van der Waals surface area contributed by atoms with Crippen molar-refractivity contribution in [2.24, 2.45) is 11.5 Å². The Kier molecular flexibility index (Phi) is 7.44. The van der Waals surface area contributed by atoms with Gasteiger partial charge in [0.1, 0.15) is 0 Å². The highest BCUT2D eigenvalue weighted by atomic mass is 35.5. The summed E-state index contributed by atoms with van der Waals surface area (Å²) in [6, 6.07) is 0. The average Bonchev–Trinajstić information content (AvgIpc) is 1.88. The third-order valence-corrected chi connectivity index (χ3v) is 0.454. The van der Waals surface area contributed by atoms with Crippen LogP contribution in [0.15, 0.2) is 0 Å². The molecule has 0 radical (unpaired) electrons. The maximum atomic E-state index is 10.8. The van der Waals surface area contributed by atoms with Crippen molar-refractivity contribution in [3.05, 3.63) is 0 Å². The van der Waals surface area contributed by atoms with E-state index in [2.05, 4.69) is 17.3 Å². The number of halogens is 4.